The number of aromatic nitrogens is 4. The van der Waals surface area contributed by atoms with Gasteiger partial charge in [-0.15, -0.1) is 0 Å². The summed E-state index contributed by atoms with van der Waals surface area (Å²) < 4.78 is 5.47. The predicted molar refractivity (Wildman–Crippen MR) is 99.7 cm³/mol. The monoisotopic (exact) mass is 390 g/mol. The van der Waals surface area contributed by atoms with Crippen molar-refractivity contribution in [3.63, 3.8) is 0 Å². The van der Waals surface area contributed by atoms with Gasteiger partial charge in [0, 0.05) is 24.9 Å². The summed E-state index contributed by atoms with van der Waals surface area (Å²) in [5.41, 5.74) is 1.84. The summed E-state index contributed by atoms with van der Waals surface area (Å²) in [5.74, 6) is -0.442. The molecule has 0 bridgehead atoms. The number of nitrogens with zero attached hydrogens (tertiary/aromatic N) is 3. The van der Waals surface area contributed by atoms with E-state index in [0.717, 1.165) is 17.0 Å². The summed E-state index contributed by atoms with van der Waals surface area (Å²) in [7, 11) is 0. The number of nitrogens with one attached hydrogen (secondary N) is 3. The lowest BCUT2D eigenvalue weighted by molar-refractivity contribution is -0.133. The third kappa shape index (κ3) is 4.76. The number of aromatic amines is 2. The van der Waals surface area contributed by atoms with Crippen LogP contribution >= 0.6 is 0 Å². The first-order valence-electron chi connectivity index (χ1n) is 9.24. The molecule has 2 aromatic heterocycles. The summed E-state index contributed by atoms with van der Waals surface area (Å²) in [4.78, 5) is 26.4. The molecule has 10 heteroatoms. The van der Waals surface area contributed by atoms with Gasteiger partial charge >= 0.3 is 0 Å². The molecule has 1 saturated heterocycles. The predicted octanol–water partition coefficient (Wildman–Crippen LogP) is -0.298. The molecule has 1 aliphatic rings. The van der Waals surface area contributed by atoms with Crippen molar-refractivity contribution in [1.82, 2.24) is 30.6 Å². The van der Waals surface area contributed by atoms with Gasteiger partial charge in [-0.1, -0.05) is 0 Å². The molecule has 10 nitrogen and oxygen atoms in total. The number of H-pyrrole nitrogens is 2. The Labute approximate surface area is 162 Å². The molecule has 0 spiro atoms. The first-order chi connectivity index (χ1) is 13.4. The van der Waals surface area contributed by atoms with Crippen LogP contribution in [0.5, 0.6) is 0 Å². The maximum absolute atomic E-state index is 12.7. The van der Waals surface area contributed by atoms with Crippen LogP contribution in [0.4, 0.5) is 0 Å². The van der Waals surface area contributed by atoms with Gasteiger partial charge in [0.2, 0.25) is 5.91 Å². The van der Waals surface area contributed by atoms with E-state index in [4.69, 9.17) is 4.74 Å². The van der Waals surface area contributed by atoms with Crippen molar-refractivity contribution in [1.29, 1.82) is 0 Å². The number of β-amino-alcohol motifs (C(OH)–C–C–N with tert-alkyl or cyclic N) is 1. The van der Waals surface area contributed by atoms with E-state index in [1.165, 1.54) is 6.20 Å². The van der Waals surface area contributed by atoms with Crippen molar-refractivity contribution in [3.05, 3.63) is 34.9 Å². The first-order valence-corrected chi connectivity index (χ1v) is 9.24. The molecule has 2 amide bonds. The Morgan fingerprint density at radius 2 is 2.21 bits per heavy atom. The molecule has 1 unspecified atom stereocenters. The van der Waals surface area contributed by atoms with Gasteiger partial charge in [-0.05, 0) is 31.9 Å². The van der Waals surface area contributed by atoms with Gasteiger partial charge in [0.25, 0.3) is 5.91 Å². The van der Waals surface area contributed by atoms with Crippen molar-refractivity contribution < 1.29 is 19.4 Å². The number of rotatable bonds is 6. The van der Waals surface area contributed by atoms with Crippen LogP contribution < -0.4 is 5.32 Å². The third-order valence-corrected chi connectivity index (χ3v) is 4.91. The molecule has 2 aromatic rings. The van der Waals surface area contributed by atoms with E-state index in [1.54, 1.807) is 11.0 Å². The molecule has 152 valence electrons. The summed E-state index contributed by atoms with van der Waals surface area (Å²) >= 11 is 0. The summed E-state index contributed by atoms with van der Waals surface area (Å²) in [6, 6.07) is 1.54. The van der Waals surface area contributed by atoms with Gasteiger partial charge in [0.1, 0.15) is 11.3 Å². The minimum atomic E-state index is -1.36. The van der Waals surface area contributed by atoms with Crippen molar-refractivity contribution >= 4 is 11.8 Å². The summed E-state index contributed by atoms with van der Waals surface area (Å²) in [6.45, 7) is 4.68. The molecule has 3 heterocycles. The van der Waals surface area contributed by atoms with Gasteiger partial charge < -0.3 is 20.1 Å². The van der Waals surface area contributed by atoms with Crippen molar-refractivity contribution in [2.45, 2.75) is 32.3 Å². The Morgan fingerprint density at radius 3 is 2.89 bits per heavy atom. The van der Waals surface area contributed by atoms with E-state index < -0.39 is 5.60 Å². The normalized spacial score (nSPS) is 20.0. The number of hydrogen-bond acceptors (Lipinski definition) is 6. The van der Waals surface area contributed by atoms with E-state index in [-0.39, 0.29) is 31.5 Å². The van der Waals surface area contributed by atoms with E-state index in [9.17, 15) is 14.7 Å². The average Bonchev–Trinajstić information content (AvgIpc) is 3.26. The number of amides is 2. The van der Waals surface area contributed by atoms with Gasteiger partial charge in [-0.25, -0.2) is 0 Å². The number of aliphatic hydroxyl groups is 1. The van der Waals surface area contributed by atoms with E-state index in [1.807, 2.05) is 13.8 Å². The van der Waals surface area contributed by atoms with Crippen LogP contribution in [0, 0.1) is 13.8 Å². The Hall–Kier alpha value is -2.72. The maximum Gasteiger partial charge on any atom is 0.269 e. The minimum absolute atomic E-state index is 0.0332. The number of carbonyl (C=O) groups excluding carboxylic acids is 2. The summed E-state index contributed by atoms with van der Waals surface area (Å²) in [5, 5.41) is 26.9. The molecule has 0 saturated carbocycles. The molecule has 0 aromatic carbocycles. The smallest absolute Gasteiger partial charge is 0.269 e. The molecule has 1 aliphatic heterocycles. The van der Waals surface area contributed by atoms with Crippen LogP contribution in [0.1, 0.15) is 33.9 Å². The molecule has 28 heavy (non-hydrogen) atoms. The number of aryl methyl sites for hydroxylation is 2. The minimum Gasteiger partial charge on any atom is -0.384 e. The number of hydrogen-bond donors (Lipinski definition) is 4. The topological polar surface area (TPSA) is 136 Å². The fraction of sp³-hybridized carbons (Fsp3) is 0.556. The maximum atomic E-state index is 12.7. The van der Waals surface area contributed by atoms with E-state index >= 15 is 0 Å². The molecular weight excluding hydrogens is 364 g/mol. The second-order valence-electron chi connectivity index (χ2n) is 7.16. The van der Waals surface area contributed by atoms with E-state index in [0.29, 0.717) is 31.7 Å². The number of ether oxygens (including phenoxy) is 1. The quantitative estimate of drug-likeness (QED) is 0.535. The highest BCUT2D eigenvalue weighted by Crippen LogP contribution is 2.16. The Kier molecular flexibility index (Phi) is 6.10. The lowest BCUT2D eigenvalue weighted by Crippen LogP contribution is -2.53. The van der Waals surface area contributed by atoms with Crippen molar-refractivity contribution in [3.8, 4) is 0 Å². The molecule has 3 rings (SSSR count). The highest BCUT2D eigenvalue weighted by Gasteiger charge is 2.35. The largest absolute Gasteiger partial charge is 0.384 e. The Bertz CT molecular complexity index is 799. The molecule has 0 aliphatic carbocycles. The van der Waals surface area contributed by atoms with Gasteiger partial charge in [0.15, 0.2) is 0 Å². The zero-order valence-corrected chi connectivity index (χ0v) is 16.1. The average molecular weight is 390 g/mol. The highest BCUT2D eigenvalue weighted by atomic mass is 16.5. The fourth-order valence-electron chi connectivity index (χ4n) is 3.29. The Morgan fingerprint density at radius 1 is 1.39 bits per heavy atom. The number of carbonyl (C=O) groups is 2. The van der Waals surface area contributed by atoms with Gasteiger partial charge in [-0.2, -0.15) is 10.2 Å². The van der Waals surface area contributed by atoms with Crippen LogP contribution in [-0.4, -0.2) is 80.7 Å². The van der Waals surface area contributed by atoms with Crippen LogP contribution in [0.15, 0.2) is 12.3 Å². The van der Waals surface area contributed by atoms with Gasteiger partial charge in [0.05, 0.1) is 32.0 Å². The van der Waals surface area contributed by atoms with Crippen LogP contribution in [0.3, 0.4) is 0 Å². The standard InChI is InChI=1S/C18H26N6O4/c1-12-14(13(2)22-21-12)3-4-16(25)24-7-8-28-11-18(27,10-24)9-19-17(26)15-5-6-20-23-15/h5-6,27H,3-4,7-11H2,1-2H3,(H,19,26)(H,20,23)(H,21,22). The molecular formula is C18H26N6O4. The van der Waals surface area contributed by atoms with Crippen molar-refractivity contribution in [2.75, 3.05) is 32.8 Å². The molecule has 1 atom stereocenters. The molecule has 4 N–H and O–H groups in total. The highest BCUT2D eigenvalue weighted by molar-refractivity contribution is 5.92. The van der Waals surface area contributed by atoms with Crippen LogP contribution in [0.25, 0.3) is 0 Å². The second kappa shape index (κ2) is 8.53. The van der Waals surface area contributed by atoms with E-state index in [2.05, 4.69) is 25.7 Å². The summed E-state index contributed by atoms with van der Waals surface area (Å²) in [6.07, 6.45) is 2.37. The van der Waals surface area contributed by atoms with Crippen LogP contribution in [-0.2, 0) is 16.0 Å². The first kappa shape index (κ1) is 20.0. The lowest BCUT2D eigenvalue weighted by Gasteiger charge is -2.31. The SMILES string of the molecule is Cc1n[nH]c(C)c1CCC(=O)N1CCOCC(O)(CNC(=O)c2ccn[nH]2)C1. The fourth-order valence-corrected chi connectivity index (χ4v) is 3.29. The zero-order valence-electron chi connectivity index (χ0n) is 16.1. The third-order valence-electron chi connectivity index (χ3n) is 4.91. The van der Waals surface area contributed by atoms with Gasteiger partial charge in [-0.3, -0.25) is 19.8 Å². The lowest BCUT2D eigenvalue weighted by atomic mass is 10.0. The molecule has 1 fully saturated rings. The second-order valence-corrected chi connectivity index (χ2v) is 7.16. The van der Waals surface area contributed by atoms with Crippen LogP contribution in [0.2, 0.25) is 0 Å². The van der Waals surface area contributed by atoms with Crippen molar-refractivity contribution in [2.24, 2.45) is 0 Å². The zero-order chi connectivity index (χ0) is 20.1. The molecule has 0 radical (unpaired) electrons. The Balaban J connectivity index is 1.57.